The van der Waals surface area contributed by atoms with Gasteiger partial charge in [0.05, 0.1) is 0 Å². The summed E-state index contributed by atoms with van der Waals surface area (Å²) in [6.45, 7) is 4.40. The lowest BCUT2D eigenvalue weighted by atomic mass is 9.87. The third-order valence-corrected chi connectivity index (χ3v) is 3.90. The first-order valence-electron chi connectivity index (χ1n) is 6.75. The van der Waals surface area contributed by atoms with E-state index < -0.39 is 0 Å². The van der Waals surface area contributed by atoms with Gasteiger partial charge in [-0.2, -0.15) is 0 Å². The number of aryl methyl sites for hydroxylation is 1. The fourth-order valence-corrected chi connectivity index (χ4v) is 2.76. The Morgan fingerprint density at radius 3 is 2.61 bits per heavy atom. The topological polar surface area (TPSA) is 17.1 Å². The molecule has 0 unspecified atom stereocenters. The number of hydrogen-bond donors (Lipinski definition) is 0. The van der Waals surface area contributed by atoms with Crippen molar-refractivity contribution in [2.75, 3.05) is 0 Å². The molecule has 1 aliphatic rings. The van der Waals surface area contributed by atoms with Crippen LogP contribution < -0.4 is 0 Å². The number of hydrogen-bond acceptors (Lipinski definition) is 1. The Balaban J connectivity index is 2.21. The van der Waals surface area contributed by atoms with Crippen LogP contribution in [0, 0.1) is 0 Å². The minimum Gasteiger partial charge on any atom is -0.294 e. The number of ketones is 1. The number of carbonyl (C=O) groups is 1. The molecule has 2 aromatic rings. The third-order valence-electron chi connectivity index (χ3n) is 3.90. The van der Waals surface area contributed by atoms with E-state index >= 15 is 0 Å². The number of carbonyl (C=O) groups excluding carboxylic acids is 1. The Morgan fingerprint density at radius 2 is 1.83 bits per heavy atom. The maximum Gasteiger partial charge on any atom is 0.163 e. The van der Waals surface area contributed by atoms with Gasteiger partial charge >= 0.3 is 0 Å². The molecular weight excluding hydrogens is 220 g/mol. The van der Waals surface area contributed by atoms with Crippen LogP contribution in [0.25, 0.3) is 10.8 Å². The Labute approximate surface area is 108 Å². The number of rotatable bonds is 1. The molecule has 3 rings (SSSR count). The largest absolute Gasteiger partial charge is 0.294 e. The Morgan fingerprint density at radius 1 is 1.00 bits per heavy atom. The minimum absolute atomic E-state index is 0.313. The lowest BCUT2D eigenvalue weighted by Gasteiger charge is -2.16. The van der Waals surface area contributed by atoms with E-state index in [1.165, 1.54) is 21.9 Å². The van der Waals surface area contributed by atoms with E-state index in [1.54, 1.807) is 0 Å². The van der Waals surface area contributed by atoms with Gasteiger partial charge in [-0.3, -0.25) is 4.79 Å². The fraction of sp³-hybridized carbons (Fsp3) is 0.353. The fourth-order valence-electron chi connectivity index (χ4n) is 2.76. The average Bonchev–Trinajstić information content (AvgIpc) is 2.36. The van der Waals surface area contributed by atoms with Gasteiger partial charge in [-0.1, -0.05) is 38.1 Å². The van der Waals surface area contributed by atoms with Crippen LogP contribution in [0.5, 0.6) is 0 Å². The van der Waals surface area contributed by atoms with Gasteiger partial charge in [-0.15, -0.1) is 0 Å². The van der Waals surface area contributed by atoms with E-state index in [-0.39, 0.29) is 0 Å². The lowest BCUT2D eigenvalue weighted by molar-refractivity contribution is 0.0972. The summed E-state index contributed by atoms with van der Waals surface area (Å²) in [6, 6.07) is 10.9. The molecule has 92 valence electrons. The zero-order chi connectivity index (χ0) is 12.7. The summed E-state index contributed by atoms with van der Waals surface area (Å²) in [4.78, 5) is 11.9. The van der Waals surface area contributed by atoms with Gasteiger partial charge in [0.1, 0.15) is 0 Å². The van der Waals surface area contributed by atoms with Crippen molar-refractivity contribution < 1.29 is 4.79 Å². The molecule has 0 atom stereocenters. The van der Waals surface area contributed by atoms with Gasteiger partial charge < -0.3 is 0 Å². The second-order valence-electron chi connectivity index (χ2n) is 5.55. The summed E-state index contributed by atoms with van der Waals surface area (Å²) in [7, 11) is 0. The quantitative estimate of drug-likeness (QED) is 0.715. The minimum atomic E-state index is 0.313. The molecule has 0 heterocycles. The van der Waals surface area contributed by atoms with E-state index in [1.807, 2.05) is 0 Å². The molecule has 0 N–H and O–H groups in total. The molecule has 0 amide bonds. The maximum atomic E-state index is 11.9. The van der Waals surface area contributed by atoms with E-state index in [0.29, 0.717) is 18.1 Å². The van der Waals surface area contributed by atoms with Gasteiger partial charge in [-0.05, 0) is 46.7 Å². The number of Topliss-reactive ketones (excluding diaryl/α,β-unsaturated/α-hetero) is 1. The second-order valence-corrected chi connectivity index (χ2v) is 5.55. The molecule has 0 saturated heterocycles. The van der Waals surface area contributed by atoms with Gasteiger partial charge in [0.2, 0.25) is 0 Å². The van der Waals surface area contributed by atoms with Gasteiger partial charge in [0, 0.05) is 12.0 Å². The zero-order valence-electron chi connectivity index (χ0n) is 11.0. The predicted octanol–water partition coefficient (Wildman–Crippen LogP) is 4.48. The summed E-state index contributed by atoms with van der Waals surface area (Å²) in [5.74, 6) is 0.842. The Hall–Kier alpha value is -1.63. The molecule has 1 nitrogen and oxygen atoms in total. The van der Waals surface area contributed by atoms with Gasteiger partial charge in [0.25, 0.3) is 0 Å². The van der Waals surface area contributed by atoms with Crippen LogP contribution in [0.15, 0.2) is 30.3 Å². The van der Waals surface area contributed by atoms with Crippen LogP contribution >= 0.6 is 0 Å². The molecule has 1 aliphatic carbocycles. The standard InChI is InChI=1S/C17H18O/c1-11(2)12-6-7-13-9-14-4-3-5-17(18)16(14)10-15(13)8-12/h6-11H,3-5H2,1-2H3. The molecule has 0 fully saturated rings. The summed E-state index contributed by atoms with van der Waals surface area (Å²) >= 11 is 0. The van der Waals surface area contributed by atoms with Crippen molar-refractivity contribution in [1.29, 1.82) is 0 Å². The molecule has 2 aromatic carbocycles. The lowest BCUT2D eigenvalue weighted by Crippen LogP contribution is -2.10. The van der Waals surface area contributed by atoms with Crippen LogP contribution in [-0.4, -0.2) is 5.78 Å². The highest BCUT2D eigenvalue weighted by Crippen LogP contribution is 2.28. The van der Waals surface area contributed by atoms with E-state index in [0.717, 1.165) is 18.4 Å². The molecule has 1 heteroatoms. The summed E-state index contributed by atoms with van der Waals surface area (Å²) in [6.07, 6.45) is 2.76. The van der Waals surface area contributed by atoms with Crippen molar-refractivity contribution >= 4 is 16.6 Å². The average molecular weight is 238 g/mol. The summed E-state index contributed by atoms with van der Waals surface area (Å²) in [5.41, 5.74) is 3.52. The normalized spacial score (nSPS) is 15.2. The first-order valence-corrected chi connectivity index (χ1v) is 6.75. The third kappa shape index (κ3) is 1.84. The van der Waals surface area contributed by atoms with Crippen LogP contribution in [0.4, 0.5) is 0 Å². The first kappa shape index (κ1) is 11.5. The van der Waals surface area contributed by atoms with Crippen LogP contribution in [0.3, 0.4) is 0 Å². The zero-order valence-corrected chi connectivity index (χ0v) is 11.0. The molecule has 0 bridgehead atoms. The van der Waals surface area contributed by atoms with E-state index in [9.17, 15) is 4.79 Å². The molecule has 18 heavy (non-hydrogen) atoms. The van der Waals surface area contributed by atoms with Crippen LogP contribution in [0.1, 0.15) is 54.1 Å². The molecule has 0 aliphatic heterocycles. The molecule has 0 aromatic heterocycles. The first-order chi connectivity index (χ1) is 8.65. The monoisotopic (exact) mass is 238 g/mol. The molecule has 0 saturated carbocycles. The van der Waals surface area contributed by atoms with E-state index in [2.05, 4.69) is 44.2 Å². The second kappa shape index (κ2) is 4.24. The predicted molar refractivity (Wildman–Crippen MR) is 75.3 cm³/mol. The SMILES string of the molecule is CC(C)c1ccc2cc3c(cc2c1)C(=O)CCC3. The summed E-state index contributed by atoms with van der Waals surface area (Å²) < 4.78 is 0. The van der Waals surface area contributed by atoms with Crippen molar-refractivity contribution in [2.45, 2.75) is 39.0 Å². The van der Waals surface area contributed by atoms with E-state index in [4.69, 9.17) is 0 Å². The van der Waals surface area contributed by atoms with Crippen molar-refractivity contribution in [3.63, 3.8) is 0 Å². The van der Waals surface area contributed by atoms with Gasteiger partial charge in [0.15, 0.2) is 5.78 Å². The molecular formula is C17H18O. The van der Waals surface area contributed by atoms with Crippen LogP contribution in [0.2, 0.25) is 0 Å². The van der Waals surface area contributed by atoms with Crippen molar-refractivity contribution in [2.24, 2.45) is 0 Å². The Bertz CT molecular complexity index is 623. The van der Waals surface area contributed by atoms with Crippen LogP contribution in [-0.2, 0) is 6.42 Å². The number of fused-ring (bicyclic) bond motifs is 2. The molecule has 0 radical (unpaired) electrons. The smallest absolute Gasteiger partial charge is 0.163 e. The highest BCUT2D eigenvalue weighted by atomic mass is 16.1. The molecule has 0 spiro atoms. The Kier molecular flexibility index (Phi) is 2.70. The van der Waals surface area contributed by atoms with Crippen molar-refractivity contribution in [1.82, 2.24) is 0 Å². The highest BCUT2D eigenvalue weighted by Gasteiger charge is 2.17. The van der Waals surface area contributed by atoms with Crippen molar-refractivity contribution in [3.8, 4) is 0 Å². The summed E-state index contributed by atoms with van der Waals surface area (Å²) in [5, 5.41) is 2.46. The maximum absolute atomic E-state index is 11.9. The number of benzene rings is 2. The highest BCUT2D eigenvalue weighted by molar-refractivity contribution is 6.02. The van der Waals surface area contributed by atoms with Gasteiger partial charge in [-0.25, -0.2) is 0 Å². The van der Waals surface area contributed by atoms with Crippen molar-refractivity contribution in [3.05, 3.63) is 47.0 Å².